The number of fused-ring (bicyclic) bond motifs is 12. The lowest BCUT2D eigenvalue weighted by molar-refractivity contribution is 0.668. The molecule has 0 saturated carbocycles. The van der Waals surface area contributed by atoms with Gasteiger partial charge in [0.05, 0.1) is 11.0 Å². The number of benzene rings is 9. The Kier molecular flexibility index (Phi) is 8.17. The largest absolute Gasteiger partial charge is 0.456 e. The van der Waals surface area contributed by atoms with Crippen LogP contribution < -0.4 is 0 Å². The zero-order valence-corrected chi connectivity index (χ0v) is 35.9. The molecule has 12 aromatic rings. The van der Waals surface area contributed by atoms with Crippen LogP contribution in [0.3, 0.4) is 0 Å². The second kappa shape index (κ2) is 14.6. The van der Waals surface area contributed by atoms with E-state index >= 15 is 0 Å². The van der Waals surface area contributed by atoms with Crippen LogP contribution >= 0.6 is 0 Å². The Hall–Kier alpha value is -8.41. The molecule has 5 heteroatoms. The van der Waals surface area contributed by atoms with E-state index in [0.717, 1.165) is 74.9 Å². The summed E-state index contributed by atoms with van der Waals surface area (Å²) in [4.78, 5) is 15.9. The van der Waals surface area contributed by atoms with Crippen LogP contribution in [0.1, 0.15) is 40.4 Å². The minimum absolute atomic E-state index is 0.00337. The summed E-state index contributed by atoms with van der Waals surface area (Å²) in [5.41, 5.74) is 14.4. The number of allylic oxidation sites excluding steroid dienone is 2. The van der Waals surface area contributed by atoms with E-state index in [9.17, 15) is 0 Å². The average molecular weight is 845 g/mol. The van der Waals surface area contributed by atoms with Crippen LogP contribution in [0.5, 0.6) is 0 Å². The number of hydrogen-bond donors (Lipinski definition) is 0. The Labute approximate surface area is 380 Å². The number of rotatable bonds is 5. The SMILES string of the molecule is C1=Cc2cc(-c3nc(-c4cccc5oc6cc(-n7c8ccc9ccccc9c8c8c9ccccc9c(-c9ccccc9)cc87)ccc6c45)nc(C4C=Cc5ccccc5C4)n3)ccc2CC1. The van der Waals surface area contributed by atoms with Gasteiger partial charge in [-0.25, -0.2) is 15.0 Å². The molecule has 0 radical (unpaired) electrons. The highest BCUT2D eigenvalue weighted by molar-refractivity contribution is 6.30. The summed E-state index contributed by atoms with van der Waals surface area (Å²) in [6, 6.07) is 63.4. The first-order chi connectivity index (χ1) is 32.7. The van der Waals surface area contributed by atoms with E-state index in [-0.39, 0.29) is 5.92 Å². The quantitative estimate of drug-likeness (QED) is 0.173. The summed E-state index contributed by atoms with van der Waals surface area (Å²) >= 11 is 0. The standard InChI is InChI=1S/C61H40N4O/c1-2-15-39(16-3-1)51-36-53-58(48-22-11-10-21-47(48)51)57-46-20-9-8-17-40(46)29-32-52(57)65(53)45-30-31-49-55(35-45)66-54-24-12-23-50(56(49)54)61-63-59(43-27-25-37-13-4-6-18-41(37)33-43)62-60(64-61)44-28-26-38-14-5-7-19-42(38)34-44/h1-4,6-13,15-32,34-36,43H,5,14,33H2. The van der Waals surface area contributed by atoms with E-state index in [1.54, 1.807) is 0 Å². The minimum atomic E-state index is 0.00337. The molecule has 9 aromatic carbocycles. The fourth-order valence-electron chi connectivity index (χ4n) is 10.9. The molecule has 2 aliphatic rings. The van der Waals surface area contributed by atoms with Crippen molar-refractivity contribution in [2.75, 3.05) is 0 Å². The Balaban J connectivity index is 0.978. The minimum Gasteiger partial charge on any atom is -0.456 e. The first kappa shape index (κ1) is 37.0. The predicted octanol–water partition coefficient (Wildman–Crippen LogP) is 15.5. The van der Waals surface area contributed by atoms with Crippen molar-refractivity contribution in [3.8, 4) is 39.6 Å². The van der Waals surface area contributed by atoms with E-state index in [0.29, 0.717) is 11.6 Å². The van der Waals surface area contributed by atoms with Crippen LogP contribution in [0, 0.1) is 0 Å². The van der Waals surface area contributed by atoms with Crippen LogP contribution in [-0.2, 0) is 12.8 Å². The van der Waals surface area contributed by atoms with Crippen molar-refractivity contribution in [1.29, 1.82) is 0 Å². The van der Waals surface area contributed by atoms with Gasteiger partial charge >= 0.3 is 0 Å². The molecular formula is C61H40N4O. The van der Waals surface area contributed by atoms with Gasteiger partial charge < -0.3 is 8.98 Å². The molecule has 2 aliphatic carbocycles. The van der Waals surface area contributed by atoms with Crippen molar-refractivity contribution in [3.05, 3.63) is 216 Å². The van der Waals surface area contributed by atoms with Crippen molar-refractivity contribution in [2.24, 2.45) is 0 Å². The second-order valence-corrected chi connectivity index (χ2v) is 17.8. The van der Waals surface area contributed by atoms with E-state index in [1.807, 2.05) is 0 Å². The number of furan rings is 1. The number of aryl methyl sites for hydroxylation is 1. The summed E-state index contributed by atoms with van der Waals surface area (Å²) in [6.45, 7) is 0. The fraction of sp³-hybridized carbons (Fsp3) is 0.0656. The van der Waals surface area contributed by atoms with Crippen molar-refractivity contribution in [1.82, 2.24) is 19.5 Å². The highest BCUT2D eigenvalue weighted by Gasteiger charge is 2.25. The van der Waals surface area contributed by atoms with Crippen LogP contribution in [-0.4, -0.2) is 19.5 Å². The second-order valence-electron chi connectivity index (χ2n) is 17.8. The number of aromatic nitrogens is 4. The molecule has 0 amide bonds. The third-order valence-corrected chi connectivity index (χ3v) is 14.0. The molecule has 0 aliphatic heterocycles. The van der Waals surface area contributed by atoms with Gasteiger partial charge in [-0.15, -0.1) is 0 Å². The Bertz CT molecular complexity index is 4040. The molecule has 0 spiro atoms. The maximum Gasteiger partial charge on any atom is 0.164 e. The third kappa shape index (κ3) is 5.76. The molecule has 0 fully saturated rings. The van der Waals surface area contributed by atoms with Gasteiger partial charge in [0.1, 0.15) is 17.0 Å². The van der Waals surface area contributed by atoms with Gasteiger partial charge in [-0.05, 0) is 111 Å². The molecule has 310 valence electrons. The maximum atomic E-state index is 6.87. The Morgan fingerprint density at radius 1 is 0.485 bits per heavy atom. The average Bonchev–Trinajstić information content (AvgIpc) is 3.94. The highest BCUT2D eigenvalue weighted by atomic mass is 16.3. The monoisotopic (exact) mass is 844 g/mol. The Morgan fingerprint density at radius 3 is 2.24 bits per heavy atom. The smallest absolute Gasteiger partial charge is 0.164 e. The van der Waals surface area contributed by atoms with Crippen LogP contribution in [0.25, 0.3) is 117 Å². The molecule has 14 rings (SSSR count). The number of nitrogens with zero attached hydrogens (tertiary/aromatic N) is 4. The lowest BCUT2D eigenvalue weighted by Gasteiger charge is -2.19. The third-order valence-electron chi connectivity index (χ3n) is 14.0. The molecule has 66 heavy (non-hydrogen) atoms. The Morgan fingerprint density at radius 2 is 1.30 bits per heavy atom. The van der Waals surface area contributed by atoms with Gasteiger partial charge in [-0.2, -0.15) is 0 Å². The zero-order valence-electron chi connectivity index (χ0n) is 35.9. The predicted molar refractivity (Wildman–Crippen MR) is 272 cm³/mol. The van der Waals surface area contributed by atoms with Crippen LogP contribution in [0.2, 0.25) is 0 Å². The molecule has 1 atom stereocenters. The maximum absolute atomic E-state index is 6.87. The van der Waals surface area contributed by atoms with Gasteiger partial charge in [-0.3, -0.25) is 0 Å². The fourth-order valence-corrected chi connectivity index (χ4v) is 10.9. The van der Waals surface area contributed by atoms with Crippen molar-refractivity contribution in [3.63, 3.8) is 0 Å². The topological polar surface area (TPSA) is 56.7 Å². The summed E-state index contributed by atoms with van der Waals surface area (Å²) in [6.07, 6.45) is 11.9. The summed E-state index contributed by atoms with van der Waals surface area (Å²) in [5.74, 6) is 2.09. The molecule has 3 heterocycles. The van der Waals surface area contributed by atoms with Gasteiger partial charge in [0.15, 0.2) is 11.6 Å². The molecule has 1 unspecified atom stereocenters. The molecule has 0 bridgehead atoms. The molecule has 5 nitrogen and oxygen atoms in total. The molecule has 0 saturated heterocycles. The molecule has 0 N–H and O–H groups in total. The van der Waals surface area contributed by atoms with Gasteiger partial charge in [0, 0.05) is 50.3 Å². The van der Waals surface area contributed by atoms with E-state index in [4.69, 9.17) is 19.4 Å². The van der Waals surface area contributed by atoms with Crippen molar-refractivity contribution >= 4 is 77.4 Å². The summed E-state index contributed by atoms with van der Waals surface area (Å²) in [7, 11) is 0. The van der Waals surface area contributed by atoms with E-state index in [1.165, 1.54) is 65.7 Å². The zero-order chi connectivity index (χ0) is 43.3. The van der Waals surface area contributed by atoms with Crippen LogP contribution in [0.4, 0.5) is 0 Å². The van der Waals surface area contributed by atoms with Gasteiger partial charge in [0.25, 0.3) is 0 Å². The molecule has 3 aromatic heterocycles. The summed E-state index contributed by atoms with van der Waals surface area (Å²) < 4.78 is 9.30. The normalized spacial score (nSPS) is 14.5. The highest BCUT2D eigenvalue weighted by Crippen LogP contribution is 2.45. The van der Waals surface area contributed by atoms with Gasteiger partial charge in [-0.1, -0.05) is 158 Å². The van der Waals surface area contributed by atoms with Crippen molar-refractivity contribution < 1.29 is 4.42 Å². The molecular weight excluding hydrogens is 805 g/mol. The lowest BCUT2D eigenvalue weighted by Crippen LogP contribution is -2.12. The number of hydrogen-bond acceptors (Lipinski definition) is 4. The van der Waals surface area contributed by atoms with E-state index in [2.05, 4.69) is 205 Å². The summed E-state index contributed by atoms with van der Waals surface area (Å²) in [5, 5.41) is 9.43. The van der Waals surface area contributed by atoms with Crippen molar-refractivity contribution in [2.45, 2.75) is 25.2 Å². The van der Waals surface area contributed by atoms with Crippen LogP contribution in [0.15, 0.2) is 192 Å². The first-order valence-corrected chi connectivity index (χ1v) is 22.9. The lowest BCUT2D eigenvalue weighted by atomic mass is 9.89. The van der Waals surface area contributed by atoms with Gasteiger partial charge in [0.2, 0.25) is 0 Å². The first-order valence-electron chi connectivity index (χ1n) is 22.9. The van der Waals surface area contributed by atoms with E-state index < -0.39 is 0 Å².